The van der Waals surface area contributed by atoms with Crippen molar-refractivity contribution in [2.45, 2.75) is 23.0 Å². The molecule has 0 atom stereocenters. The third-order valence-corrected chi connectivity index (χ3v) is 9.10. The van der Waals surface area contributed by atoms with Crippen LogP contribution in [-0.4, -0.2) is 31.7 Å². The number of anilines is 1. The van der Waals surface area contributed by atoms with Crippen molar-refractivity contribution in [3.05, 3.63) is 62.7 Å². The van der Waals surface area contributed by atoms with Crippen LogP contribution in [0.2, 0.25) is 15.1 Å². The van der Waals surface area contributed by atoms with Crippen molar-refractivity contribution in [1.29, 1.82) is 0 Å². The number of thiazole rings is 1. The first-order chi connectivity index (χ1) is 14.2. The maximum atomic E-state index is 13.6. The Morgan fingerprint density at radius 1 is 1.03 bits per heavy atom. The Hall–Kier alpha value is -1.38. The van der Waals surface area contributed by atoms with Crippen LogP contribution < -0.4 is 4.90 Å². The van der Waals surface area contributed by atoms with E-state index in [2.05, 4.69) is 4.98 Å². The number of halogens is 4. The monoisotopic (exact) mass is 504 g/mol. The van der Waals surface area contributed by atoms with Gasteiger partial charge in [-0.1, -0.05) is 34.8 Å². The lowest BCUT2D eigenvalue weighted by molar-refractivity contribution is 0.529. The SMILES string of the molecule is O=S(=O)(c1cc(Cl)ccc1Cl)C1CCN(c2nc(-c3cc(F)cc(Cl)c3)cs2)CC1. The van der Waals surface area contributed by atoms with Gasteiger partial charge in [0.25, 0.3) is 0 Å². The van der Waals surface area contributed by atoms with E-state index in [0.717, 1.165) is 5.13 Å². The zero-order valence-corrected chi connectivity index (χ0v) is 19.4. The summed E-state index contributed by atoms with van der Waals surface area (Å²) >= 11 is 19.5. The summed E-state index contributed by atoms with van der Waals surface area (Å²) in [5.74, 6) is -0.419. The molecule has 1 aliphatic heterocycles. The van der Waals surface area contributed by atoms with Crippen molar-refractivity contribution in [1.82, 2.24) is 4.98 Å². The number of hydrogen-bond acceptors (Lipinski definition) is 5. The minimum absolute atomic E-state index is 0.0784. The fraction of sp³-hybridized carbons (Fsp3) is 0.250. The summed E-state index contributed by atoms with van der Waals surface area (Å²) in [5, 5.41) is 2.90. The van der Waals surface area contributed by atoms with E-state index in [1.54, 1.807) is 12.1 Å². The van der Waals surface area contributed by atoms with Crippen LogP contribution in [0.4, 0.5) is 9.52 Å². The summed E-state index contributed by atoms with van der Waals surface area (Å²) in [7, 11) is -3.58. The van der Waals surface area contributed by atoms with Gasteiger partial charge < -0.3 is 4.90 Å². The maximum Gasteiger partial charge on any atom is 0.185 e. The Morgan fingerprint density at radius 3 is 2.47 bits per heavy atom. The molecule has 0 amide bonds. The molecular formula is C20H16Cl3FN2O2S2. The predicted octanol–water partition coefficient (Wildman–Crippen LogP) is 6.35. The van der Waals surface area contributed by atoms with E-state index >= 15 is 0 Å². The van der Waals surface area contributed by atoms with Crippen molar-refractivity contribution < 1.29 is 12.8 Å². The summed E-state index contributed by atoms with van der Waals surface area (Å²) in [5.41, 5.74) is 1.24. The number of aromatic nitrogens is 1. The van der Waals surface area contributed by atoms with Gasteiger partial charge in [0.05, 0.1) is 20.9 Å². The lowest BCUT2D eigenvalue weighted by Crippen LogP contribution is -2.39. The molecule has 0 saturated carbocycles. The maximum absolute atomic E-state index is 13.6. The molecule has 2 aromatic carbocycles. The Bertz CT molecular complexity index is 1170. The van der Waals surface area contributed by atoms with Gasteiger partial charge >= 0.3 is 0 Å². The van der Waals surface area contributed by atoms with Crippen LogP contribution in [-0.2, 0) is 9.84 Å². The highest BCUT2D eigenvalue weighted by Crippen LogP contribution is 2.34. The van der Waals surface area contributed by atoms with Gasteiger partial charge in [-0.15, -0.1) is 11.3 Å². The first-order valence-corrected chi connectivity index (χ1v) is 12.7. The van der Waals surface area contributed by atoms with Crippen LogP contribution in [0.1, 0.15) is 12.8 Å². The fourth-order valence-electron chi connectivity index (χ4n) is 3.48. The molecule has 3 aromatic rings. The molecule has 4 nitrogen and oxygen atoms in total. The van der Waals surface area contributed by atoms with Gasteiger partial charge in [0.15, 0.2) is 15.0 Å². The zero-order chi connectivity index (χ0) is 21.5. The van der Waals surface area contributed by atoms with Crippen LogP contribution >= 0.6 is 46.1 Å². The normalized spacial score (nSPS) is 15.5. The number of sulfone groups is 1. The average molecular weight is 506 g/mol. The summed E-state index contributed by atoms with van der Waals surface area (Å²) in [6.45, 7) is 1.08. The highest BCUT2D eigenvalue weighted by molar-refractivity contribution is 7.92. The highest BCUT2D eigenvalue weighted by atomic mass is 35.5. The zero-order valence-electron chi connectivity index (χ0n) is 15.5. The number of rotatable bonds is 4. The van der Waals surface area contributed by atoms with Gasteiger partial charge in [-0.2, -0.15) is 0 Å². The van der Waals surface area contributed by atoms with E-state index in [0.29, 0.717) is 47.2 Å². The molecule has 10 heteroatoms. The molecular weight excluding hydrogens is 490 g/mol. The second-order valence-electron chi connectivity index (χ2n) is 6.98. The van der Waals surface area contributed by atoms with E-state index in [1.807, 2.05) is 10.3 Å². The van der Waals surface area contributed by atoms with Crippen molar-refractivity contribution in [3.63, 3.8) is 0 Å². The molecule has 30 heavy (non-hydrogen) atoms. The van der Waals surface area contributed by atoms with Crippen LogP contribution in [0.25, 0.3) is 11.3 Å². The molecule has 0 unspecified atom stereocenters. The van der Waals surface area contributed by atoms with Crippen molar-refractivity contribution >= 4 is 61.1 Å². The third-order valence-electron chi connectivity index (χ3n) is 5.00. The van der Waals surface area contributed by atoms with E-state index in [9.17, 15) is 12.8 Å². The molecule has 0 bridgehead atoms. The summed E-state index contributed by atoms with van der Waals surface area (Å²) < 4.78 is 39.7. The number of benzene rings is 2. The molecule has 158 valence electrons. The molecule has 0 radical (unpaired) electrons. The van der Waals surface area contributed by atoms with E-state index in [4.69, 9.17) is 34.8 Å². The van der Waals surface area contributed by atoms with Gasteiger partial charge in [-0.25, -0.2) is 17.8 Å². The minimum Gasteiger partial charge on any atom is -0.348 e. The highest BCUT2D eigenvalue weighted by Gasteiger charge is 2.33. The topological polar surface area (TPSA) is 50.3 Å². The van der Waals surface area contributed by atoms with Gasteiger partial charge in [0, 0.05) is 34.1 Å². The Morgan fingerprint density at radius 2 is 1.77 bits per heavy atom. The van der Waals surface area contributed by atoms with Crippen molar-refractivity contribution in [2.24, 2.45) is 0 Å². The van der Waals surface area contributed by atoms with E-state index in [-0.39, 0.29) is 9.92 Å². The molecule has 1 fully saturated rings. The predicted molar refractivity (Wildman–Crippen MR) is 121 cm³/mol. The number of nitrogens with zero attached hydrogens (tertiary/aromatic N) is 2. The largest absolute Gasteiger partial charge is 0.348 e. The number of piperidine rings is 1. The van der Waals surface area contributed by atoms with Crippen LogP contribution in [0.5, 0.6) is 0 Å². The van der Waals surface area contributed by atoms with Gasteiger partial charge in [-0.05, 0) is 49.2 Å². The number of hydrogen-bond donors (Lipinski definition) is 0. The molecule has 0 aliphatic carbocycles. The van der Waals surface area contributed by atoms with Gasteiger partial charge in [-0.3, -0.25) is 0 Å². The second-order valence-corrected chi connectivity index (χ2v) is 11.3. The lowest BCUT2D eigenvalue weighted by atomic mass is 10.1. The quantitative estimate of drug-likeness (QED) is 0.414. The molecule has 0 N–H and O–H groups in total. The third kappa shape index (κ3) is 4.46. The standard InChI is InChI=1S/C20H16Cl3FN2O2S2/c21-13-1-2-17(23)19(10-13)30(27,28)16-3-5-26(6-4-16)20-25-18(11-29-20)12-7-14(22)9-15(24)8-12/h1-2,7-11,16H,3-6H2. The van der Waals surface area contributed by atoms with Crippen LogP contribution in [0, 0.1) is 5.82 Å². The molecule has 1 saturated heterocycles. The molecule has 4 rings (SSSR count). The molecule has 0 spiro atoms. The van der Waals surface area contributed by atoms with Gasteiger partial charge in [0.2, 0.25) is 0 Å². The van der Waals surface area contributed by atoms with Crippen LogP contribution in [0.3, 0.4) is 0 Å². The summed E-state index contributed by atoms with van der Waals surface area (Å²) in [6.07, 6.45) is 0.901. The lowest BCUT2D eigenvalue weighted by Gasteiger charge is -2.31. The summed E-state index contributed by atoms with van der Waals surface area (Å²) in [4.78, 5) is 6.71. The van der Waals surface area contributed by atoms with Crippen LogP contribution in [0.15, 0.2) is 46.7 Å². The van der Waals surface area contributed by atoms with Gasteiger partial charge in [0.1, 0.15) is 5.82 Å². The van der Waals surface area contributed by atoms with Crippen molar-refractivity contribution in [3.8, 4) is 11.3 Å². The first-order valence-electron chi connectivity index (χ1n) is 9.10. The second kappa shape index (κ2) is 8.63. The Kier molecular flexibility index (Phi) is 6.28. The molecule has 2 heterocycles. The van der Waals surface area contributed by atoms with Crippen molar-refractivity contribution in [2.75, 3.05) is 18.0 Å². The summed E-state index contributed by atoms with van der Waals surface area (Å²) in [6, 6.07) is 8.77. The Balaban J connectivity index is 1.49. The smallest absolute Gasteiger partial charge is 0.185 e. The van der Waals surface area contributed by atoms with E-state index in [1.165, 1.54) is 35.6 Å². The molecule has 1 aliphatic rings. The molecule has 1 aromatic heterocycles. The average Bonchev–Trinajstić information content (AvgIpc) is 3.19. The Labute approximate surface area is 193 Å². The fourth-order valence-corrected chi connectivity index (χ4v) is 7.08. The minimum atomic E-state index is -3.58. The van der Waals surface area contributed by atoms with E-state index < -0.39 is 20.9 Å². The first kappa shape index (κ1) is 21.8.